The van der Waals surface area contributed by atoms with Gasteiger partial charge in [0.05, 0.1) is 0 Å². The molecule has 0 fully saturated rings. The van der Waals surface area contributed by atoms with Crippen LogP contribution >= 0.6 is 12.4 Å². The summed E-state index contributed by atoms with van der Waals surface area (Å²) in [5, 5.41) is 2.88. The monoisotopic (exact) mass is 220 g/mol. The first kappa shape index (κ1) is 15.9. The van der Waals surface area contributed by atoms with E-state index in [1.54, 1.807) is 0 Å². The van der Waals surface area contributed by atoms with Crippen molar-refractivity contribution in [2.75, 3.05) is 20.6 Å². The summed E-state index contributed by atoms with van der Waals surface area (Å²) in [5.74, 6) is -0.108. The number of hydrogen-bond acceptors (Lipinski definition) is 2. The molecule has 0 spiro atoms. The molecule has 0 atom stereocenters. The molecule has 3 nitrogen and oxygen atoms in total. The van der Waals surface area contributed by atoms with Gasteiger partial charge in [0.15, 0.2) is 0 Å². The molecule has 0 aromatic heterocycles. The maximum atomic E-state index is 11.0. The van der Waals surface area contributed by atoms with E-state index in [0.29, 0.717) is 0 Å². The third-order valence-corrected chi connectivity index (χ3v) is 1.83. The minimum Gasteiger partial charge on any atom is -0.348 e. The van der Waals surface area contributed by atoms with Gasteiger partial charge >= 0.3 is 0 Å². The Bertz CT molecular complexity index is 191. The fraction of sp³-hybridized carbons (Fsp3) is 0.700. The Labute approximate surface area is 93.0 Å². The Kier molecular flexibility index (Phi) is 7.78. The topological polar surface area (TPSA) is 32.3 Å². The molecule has 4 heteroatoms. The molecule has 0 aliphatic rings. The average molecular weight is 221 g/mol. The number of amides is 1. The number of nitrogens with zero attached hydrogens (tertiary/aromatic N) is 1. The molecule has 0 saturated carbocycles. The van der Waals surface area contributed by atoms with Crippen molar-refractivity contribution < 1.29 is 4.79 Å². The molecule has 1 amide bonds. The van der Waals surface area contributed by atoms with E-state index in [1.807, 2.05) is 27.9 Å². The number of carbonyl (C=O) groups is 1. The van der Waals surface area contributed by atoms with Crippen LogP contribution in [0.15, 0.2) is 12.7 Å². The van der Waals surface area contributed by atoms with E-state index in [9.17, 15) is 4.79 Å². The molecular formula is C10H21ClN2O. The van der Waals surface area contributed by atoms with E-state index in [-0.39, 0.29) is 23.9 Å². The molecule has 0 saturated heterocycles. The first-order valence-corrected chi connectivity index (χ1v) is 4.47. The van der Waals surface area contributed by atoms with Crippen molar-refractivity contribution in [2.24, 2.45) is 0 Å². The third-order valence-electron chi connectivity index (χ3n) is 1.83. The van der Waals surface area contributed by atoms with Gasteiger partial charge in [0.1, 0.15) is 0 Å². The van der Waals surface area contributed by atoms with Gasteiger partial charge in [-0.15, -0.1) is 12.4 Å². The summed E-state index contributed by atoms with van der Waals surface area (Å²) in [4.78, 5) is 13.1. The van der Waals surface area contributed by atoms with Crippen LogP contribution < -0.4 is 5.32 Å². The molecule has 0 heterocycles. The highest BCUT2D eigenvalue weighted by Gasteiger charge is 2.18. The second-order valence-electron chi connectivity index (χ2n) is 4.13. The number of halogens is 1. The molecular weight excluding hydrogens is 200 g/mol. The van der Waals surface area contributed by atoms with Crippen molar-refractivity contribution in [1.82, 2.24) is 10.2 Å². The zero-order valence-corrected chi connectivity index (χ0v) is 10.3. The van der Waals surface area contributed by atoms with Crippen LogP contribution in [0.3, 0.4) is 0 Å². The zero-order valence-electron chi connectivity index (χ0n) is 9.46. The normalized spacial score (nSPS) is 10.6. The molecule has 84 valence electrons. The number of carbonyl (C=O) groups excluding carboxylic acids is 1. The Morgan fingerprint density at radius 2 is 2.00 bits per heavy atom. The van der Waals surface area contributed by atoms with Crippen LogP contribution in [-0.2, 0) is 4.79 Å². The maximum Gasteiger partial charge on any atom is 0.243 e. The van der Waals surface area contributed by atoms with Gasteiger partial charge in [-0.05, 0) is 47.0 Å². The van der Waals surface area contributed by atoms with E-state index in [4.69, 9.17) is 0 Å². The molecule has 0 aromatic rings. The van der Waals surface area contributed by atoms with Crippen LogP contribution in [0.2, 0.25) is 0 Å². The highest BCUT2D eigenvalue weighted by Crippen LogP contribution is 2.08. The van der Waals surface area contributed by atoms with Gasteiger partial charge in [-0.2, -0.15) is 0 Å². The predicted molar refractivity (Wildman–Crippen MR) is 62.8 cm³/mol. The lowest BCUT2D eigenvalue weighted by Crippen LogP contribution is -2.44. The Morgan fingerprint density at radius 1 is 1.50 bits per heavy atom. The first-order valence-electron chi connectivity index (χ1n) is 4.47. The van der Waals surface area contributed by atoms with E-state index < -0.39 is 0 Å². The molecule has 0 radical (unpaired) electrons. The Balaban J connectivity index is 0. The lowest BCUT2D eigenvalue weighted by atomic mass is 10.0. The summed E-state index contributed by atoms with van der Waals surface area (Å²) in [6, 6.07) is 0. The van der Waals surface area contributed by atoms with E-state index in [2.05, 4.69) is 16.8 Å². The summed E-state index contributed by atoms with van der Waals surface area (Å²) in [5.41, 5.74) is -0.157. The van der Waals surface area contributed by atoms with Crippen LogP contribution in [0.25, 0.3) is 0 Å². The largest absolute Gasteiger partial charge is 0.348 e. The summed E-state index contributed by atoms with van der Waals surface area (Å²) >= 11 is 0. The SMILES string of the molecule is C=CC(=O)NC(C)(C)CCN(C)C.Cl. The summed E-state index contributed by atoms with van der Waals surface area (Å²) in [6.07, 6.45) is 2.23. The molecule has 0 aromatic carbocycles. The maximum absolute atomic E-state index is 11.0. The van der Waals surface area contributed by atoms with Gasteiger partial charge < -0.3 is 10.2 Å². The smallest absolute Gasteiger partial charge is 0.243 e. The molecule has 0 aliphatic heterocycles. The van der Waals surface area contributed by atoms with Crippen molar-refractivity contribution in [3.8, 4) is 0 Å². The quantitative estimate of drug-likeness (QED) is 0.712. The molecule has 14 heavy (non-hydrogen) atoms. The van der Waals surface area contributed by atoms with Crippen LogP contribution in [-0.4, -0.2) is 37.0 Å². The lowest BCUT2D eigenvalue weighted by Gasteiger charge is -2.27. The van der Waals surface area contributed by atoms with Crippen LogP contribution in [0.1, 0.15) is 20.3 Å². The zero-order chi connectivity index (χ0) is 10.5. The van der Waals surface area contributed by atoms with E-state index in [0.717, 1.165) is 13.0 Å². The molecule has 0 unspecified atom stereocenters. The summed E-state index contributed by atoms with van der Waals surface area (Å²) in [7, 11) is 4.04. The fourth-order valence-electron chi connectivity index (χ4n) is 0.950. The third kappa shape index (κ3) is 8.08. The standard InChI is InChI=1S/C10H20N2O.ClH/c1-6-9(13)11-10(2,3)7-8-12(4)5;/h6H,1,7-8H2,2-5H3,(H,11,13);1H. The highest BCUT2D eigenvalue weighted by atomic mass is 35.5. The van der Waals surface area contributed by atoms with Crippen molar-refractivity contribution in [3.05, 3.63) is 12.7 Å². The van der Waals surface area contributed by atoms with E-state index >= 15 is 0 Å². The fourth-order valence-corrected chi connectivity index (χ4v) is 0.950. The minimum atomic E-state index is -0.157. The number of rotatable bonds is 5. The van der Waals surface area contributed by atoms with Crippen LogP contribution in [0, 0.1) is 0 Å². The molecule has 0 rings (SSSR count). The van der Waals surface area contributed by atoms with Crippen molar-refractivity contribution in [1.29, 1.82) is 0 Å². The predicted octanol–water partition coefficient (Wildman–Crippen LogP) is 1.44. The molecule has 1 N–H and O–H groups in total. The number of nitrogens with one attached hydrogen (secondary N) is 1. The number of hydrogen-bond donors (Lipinski definition) is 1. The van der Waals surface area contributed by atoms with E-state index in [1.165, 1.54) is 6.08 Å². The first-order chi connectivity index (χ1) is 5.87. The van der Waals surface area contributed by atoms with Crippen molar-refractivity contribution in [3.63, 3.8) is 0 Å². The molecule has 0 bridgehead atoms. The second-order valence-corrected chi connectivity index (χ2v) is 4.13. The Morgan fingerprint density at radius 3 is 2.36 bits per heavy atom. The minimum absolute atomic E-state index is 0. The van der Waals surface area contributed by atoms with Gasteiger partial charge in [-0.3, -0.25) is 4.79 Å². The van der Waals surface area contributed by atoms with Gasteiger partial charge in [-0.1, -0.05) is 6.58 Å². The van der Waals surface area contributed by atoms with Crippen molar-refractivity contribution >= 4 is 18.3 Å². The highest BCUT2D eigenvalue weighted by molar-refractivity contribution is 5.87. The van der Waals surface area contributed by atoms with Crippen LogP contribution in [0.5, 0.6) is 0 Å². The Hall–Kier alpha value is -0.540. The lowest BCUT2D eigenvalue weighted by molar-refractivity contribution is -0.118. The van der Waals surface area contributed by atoms with Gasteiger partial charge in [0, 0.05) is 5.54 Å². The van der Waals surface area contributed by atoms with Gasteiger partial charge in [0.25, 0.3) is 0 Å². The van der Waals surface area contributed by atoms with Gasteiger partial charge in [0.2, 0.25) is 5.91 Å². The average Bonchev–Trinajstić information content (AvgIpc) is 2.00. The van der Waals surface area contributed by atoms with Crippen LogP contribution in [0.4, 0.5) is 0 Å². The second kappa shape index (κ2) is 6.85. The molecule has 0 aliphatic carbocycles. The summed E-state index contributed by atoms with van der Waals surface area (Å²) in [6.45, 7) is 8.40. The van der Waals surface area contributed by atoms with Crippen molar-refractivity contribution in [2.45, 2.75) is 25.8 Å². The summed E-state index contributed by atoms with van der Waals surface area (Å²) < 4.78 is 0. The van der Waals surface area contributed by atoms with Gasteiger partial charge in [-0.25, -0.2) is 0 Å².